The lowest BCUT2D eigenvalue weighted by molar-refractivity contribution is -0.135. The first-order valence-electron chi connectivity index (χ1n) is 8.44. The van der Waals surface area contributed by atoms with Crippen LogP contribution in [0.2, 0.25) is 0 Å². The van der Waals surface area contributed by atoms with Crippen molar-refractivity contribution in [3.05, 3.63) is 31.3 Å². The summed E-state index contributed by atoms with van der Waals surface area (Å²) in [5, 5.41) is 3.55. The van der Waals surface area contributed by atoms with Crippen LogP contribution >= 0.6 is 11.3 Å². The van der Waals surface area contributed by atoms with Crippen molar-refractivity contribution in [2.45, 2.75) is 52.5 Å². The molecule has 0 fully saturated rings. The minimum atomic E-state index is -4.27. The van der Waals surface area contributed by atoms with Crippen LogP contribution in [0.15, 0.2) is 9.59 Å². The van der Waals surface area contributed by atoms with Crippen molar-refractivity contribution in [2.75, 3.05) is 13.1 Å². The molecule has 0 amide bonds. The summed E-state index contributed by atoms with van der Waals surface area (Å²) in [7, 11) is 0. The summed E-state index contributed by atoms with van der Waals surface area (Å²) in [6, 6.07) is 0. The summed E-state index contributed by atoms with van der Waals surface area (Å²) in [6.45, 7) is 5.11. The van der Waals surface area contributed by atoms with E-state index in [1.54, 1.807) is 13.8 Å². The monoisotopic (exact) mass is 392 g/mol. The van der Waals surface area contributed by atoms with E-state index in [1.165, 1.54) is 15.9 Å². The SMILES string of the molecule is CCn1c(=O)c2c(C)c(CNCCN)sc2n(CCCC(F)(F)F)c1=O. The van der Waals surface area contributed by atoms with Gasteiger partial charge in [-0.2, -0.15) is 13.2 Å². The molecule has 0 aromatic carbocycles. The molecule has 0 unspecified atom stereocenters. The Hall–Kier alpha value is -1.65. The van der Waals surface area contributed by atoms with Crippen molar-refractivity contribution in [1.29, 1.82) is 0 Å². The highest BCUT2D eigenvalue weighted by molar-refractivity contribution is 7.18. The predicted octanol–water partition coefficient (Wildman–Crippen LogP) is 1.94. The average Bonchev–Trinajstić information content (AvgIpc) is 2.87. The fourth-order valence-corrected chi connectivity index (χ4v) is 4.11. The lowest BCUT2D eigenvalue weighted by atomic mass is 10.2. The molecular weight excluding hydrogens is 369 g/mol. The van der Waals surface area contributed by atoms with Gasteiger partial charge in [0.1, 0.15) is 4.83 Å². The highest BCUT2D eigenvalue weighted by Gasteiger charge is 2.27. The minimum Gasteiger partial charge on any atom is -0.329 e. The summed E-state index contributed by atoms with van der Waals surface area (Å²) < 4.78 is 39.8. The first kappa shape index (κ1) is 20.7. The number of alkyl halides is 3. The van der Waals surface area contributed by atoms with Gasteiger partial charge in [0.25, 0.3) is 5.56 Å². The summed E-state index contributed by atoms with van der Waals surface area (Å²) in [4.78, 5) is 26.6. The zero-order valence-corrected chi connectivity index (χ0v) is 15.6. The zero-order valence-electron chi connectivity index (χ0n) is 14.8. The fourth-order valence-electron chi connectivity index (χ4n) is 2.83. The van der Waals surface area contributed by atoms with Crippen LogP contribution in [-0.4, -0.2) is 28.4 Å². The van der Waals surface area contributed by atoms with Crippen molar-refractivity contribution in [1.82, 2.24) is 14.5 Å². The van der Waals surface area contributed by atoms with Crippen molar-refractivity contribution in [3.63, 3.8) is 0 Å². The molecule has 2 aromatic rings. The van der Waals surface area contributed by atoms with Crippen LogP contribution in [0, 0.1) is 6.92 Å². The molecule has 26 heavy (non-hydrogen) atoms. The molecule has 10 heteroatoms. The number of rotatable bonds is 8. The second-order valence-corrected chi connectivity index (χ2v) is 7.08. The van der Waals surface area contributed by atoms with Crippen molar-refractivity contribution < 1.29 is 13.2 Å². The molecule has 0 radical (unpaired) electrons. The van der Waals surface area contributed by atoms with Gasteiger partial charge in [-0.3, -0.25) is 13.9 Å². The van der Waals surface area contributed by atoms with Crippen molar-refractivity contribution >= 4 is 21.6 Å². The van der Waals surface area contributed by atoms with E-state index in [4.69, 9.17) is 5.73 Å². The second kappa shape index (κ2) is 8.36. The van der Waals surface area contributed by atoms with Gasteiger partial charge in [0.15, 0.2) is 0 Å². The Bertz CT molecular complexity index is 883. The number of nitrogens with two attached hydrogens (primary N) is 1. The van der Waals surface area contributed by atoms with E-state index in [1.807, 2.05) is 0 Å². The number of thiophene rings is 1. The highest BCUT2D eigenvalue weighted by atomic mass is 32.1. The van der Waals surface area contributed by atoms with E-state index in [2.05, 4.69) is 5.32 Å². The van der Waals surface area contributed by atoms with Crippen LogP contribution in [-0.2, 0) is 19.6 Å². The van der Waals surface area contributed by atoms with Gasteiger partial charge in [-0.1, -0.05) is 0 Å². The Labute approximate surface area is 152 Å². The number of hydrogen-bond donors (Lipinski definition) is 2. The lowest BCUT2D eigenvalue weighted by Gasteiger charge is -2.12. The molecule has 0 saturated heterocycles. The quantitative estimate of drug-likeness (QED) is 0.673. The Balaban J connectivity index is 2.53. The Kier molecular flexibility index (Phi) is 6.64. The third kappa shape index (κ3) is 4.36. The molecule has 0 aliphatic heterocycles. The molecule has 6 nitrogen and oxygen atoms in total. The maximum absolute atomic E-state index is 12.7. The van der Waals surface area contributed by atoms with Crippen molar-refractivity contribution in [3.8, 4) is 0 Å². The number of halogens is 3. The molecule has 146 valence electrons. The standard InChI is InChI=1S/C16H23F3N4O2S/c1-3-22-13(24)12-10(2)11(9-21-7-6-20)26-14(12)23(15(22)25)8-4-5-16(17,18)19/h21H,3-9,20H2,1-2H3. The average molecular weight is 392 g/mol. The molecule has 0 aliphatic carbocycles. The van der Waals surface area contributed by atoms with Crippen LogP contribution in [0.3, 0.4) is 0 Å². The molecule has 2 aromatic heterocycles. The van der Waals surface area contributed by atoms with Gasteiger partial charge in [0, 0.05) is 44.0 Å². The number of fused-ring (bicyclic) bond motifs is 1. The van der Waals surface area contributed by atoms with Gasteiger partial charge in [0.05, 0.1) is 5.39 Å². The minimum absolute atomic E-state index is 0.0786. The number of nitrogens with one attached hydrogen (secondary N) is 1. The maximum Gasteiger partial charge on any atom is 0.389 e. The van der Waals surface area contributed by atoms with Crippen LogP contribution in [0.25, 0.3) is 10.2 Å². The van der Waals surface area contributed by atoms with Crippen LogP contribution in [0.1, 0.15) is 30.2 Å². The maximum atomic E-state index is 12.7. The predicted molar refractivity (Wildman–Crippen MR) is 96.8 cm³/mol. The normalized spacial score (nSPS) is 12.2. The molecule has 3 N–H and O–H groups in total. The third-order valence-electron chi connectivity index (χ3n) is 4.16. The molecule has 2 rings (SSSR count). The molecule has 0 spiro atoms. The second-order valence-electron chi connectivity index (χ2n) is 6.00. The van der Waals surface area contributed by atoms with Gasteiger partial charge in [0.2, 0.25) is 0 Å². The molecule has 0 atom stereocenters. The topological polar surface area (TPSA) is 82.0 Å². The van der Waals surface area contributed by atoms with Gasteiger partial charge < -0.3 is 11.1 Å². The van der Waals surface area contributed by atoms with E-state index in [9.17, 15) is 22.8 Å². The summed E-state index contributed by atoms with van der Waals surface area (Å²) in [5.41, 5.74) is 5.26. The number of nitrogens with zero attached hydrogens (tertiary/aromatic N) is 2. The van der Waals surface area contributed by atoms with Gasteiger partial charge >= 0.3 is 11.9 Å². The molecule has 0 saturated carbocycles. The van der Waals surface area contributed by atoms with Crippen LogP contribution in [0.5, 0.6) is 0 Å². The Morgan fingerprint density at radius 3 is 2.50 bits per heavy atom. The molecule has 2 heterocycles. The lowest BCUT2D eigenvalue weighted by Crippen LogP contribution is -2.39. The number of aromatic nitrogens is 2. The zero-order chi connectivity index (χ0) is 19.5. The first-order valence-corrected chi connectivity index (χ1v) is 9.26. The van der Waals surface area contributed by atoms with E-state index in [-0.39, 0.29) is 19.5 Å². The van der Waals surface area contributed by atoms with Gasteiger partial charge in [-0.05, 0) is 25.8 Å². The van der Waals surface area contributed by atoms with Crippen molar-refractivity contribution in [2.24, 2.45) is 5.73 Å². The Morgan fingerprint density at radius 1 is 1.23 bits per heavy atom. The van der Waals surface area contributed by atoms with E-state index in [0.717, 1.165) is 15.0 Å². The summed E-state index contributed by atoms with van der Waals surface area (Å²) in [6.07, 6.45) is -5.45. The van der Waals surface area contributed by atoms with Crippen LogP contribution < -0.4 is 22.3 Å². The van der Waals surface area contributed by atoms with E-state index < -0.39 is 23.8 Å². The summed E-state index contributed by atoms with van der Waals surface area (Å²) >= 11 is 1.27. The van der Waals surface area contributed by atoms with E-state index >= 15 is 0 Å². The number of aryl methyl sites for hydroxylation is 2. The van der Waals surface area contributed by atoms with Gasteiger partial charge in [-0.25, -0.2) is 4.79 Å². The first-order chi connectivity index (χ1) is 12.2. The molecule has 0 bridgehead atoms. The Morgan fingerprint density at radius 2 is 1.92 bits per heavy atom. The number of hydrogen-bond acceptors (Lipinski definition) is 5. The summed E-state index contributed by atoms with van der Waals surface area (Å²) in [5.74, 6) is 0. The smallest absolute Gasteiger partial charge is 0.329 e. The largest absolute Gasteiger partial charge is 0.389 e. The van der Waals surface area contributed by atoms with E-state index in [0.29, 0.717) is 29.9 Å². The molecular formula is C16H23F3N4O2S. The van der Waals surface area contributed by atoms with Crippen LogP contribution in [0.4, 0.5) is 13.2 Å². The van der Waals surface area contributed by atoms with Gasteiger partial charge in [-0.15, -0.1) is 11.3 Å². The third-order valence-corrected chi connectivity index (χ3v) is 5.47. The highest BCUT2D eigenvalue weighted by Crippen LogP contribution is 2.28. The fraction of sp³-hybridized carbons (Fsp3) is 0.625. The molecule has 0 aliphatic rings.